The Morgan fingerprint density at radius 2 is 1.82 bits per heavy atom. The average Bonchev–Trinajstić information content (AvgIpc) is 3.99. The van der Waals surface area contributed by atoms with Crippen LogP contribution < -0.4 is 5.32 Å². The summed E-state index contributed by atoms with van der Waals surface area (Å²) in [4.78, 5) is 23.8. The van der Waals surface area contributed by atoms with E-state index in [1.165, 1.54) is 11.0 Å². The first-order chi connectivity index (χ1) is 29.6. The van der Waals surface area contributed by atoms with Gasteiger partial charge in [0.2, 0.25) is 0 Å². The molecular formula is C40H58N9O11PSi. The van der Waals surface area contributed by atoms with E-state index in [4.69, 9.17) is 42.5 Å². The fraction of sp³-hybridized carbons (Fsp3) is 0.625. The predicted molar refractivity (Wildman–Crippen MR) is 228 cm³/mol. The van der Waals surface area contributed by atoms with E-state index in [2.05, 4.69) is 50.5 Å². The van der Waals surface area contributed by atoms with Crippen molar-refractivity contribution < 1.29 is 51.9 Å². The Bertz CT molecular complexity index is 2210. The van der Waals surface area contributed by atoms with Crippen molar-refractivity contribution in [1.82, 2.24) is 40.0 Å². The fourth-order valence-electron chi connectivity index (χ4n) is 7.23. The largest absolute Gasteiger partial charge is 0.446 e. The molecule has 3 aromatic heterocycles. The fourth-order valence-corrected chi connectivity index (χ4v) is 9.95. The van der Waals surface area contributed by atoms with E-state index in [9.17, 15) is 14.5 Å². The number of aliphatic hydroxyl groups excluding tert-OH is 1. The van der Waals surface area contributed by atoms with Gasteiger partial charge in [0.1, 0.15) is 24.4 Å². The molecule has 2 aliphatic heterocycles. The summed E-state index contributed by atoms with van der Waals surface area (Å²) in [6.45, 7) is 13.2. The minimum atomic E-state index is -4.26. The van der Waals surface area contributed by atoms with Crippen molar-refractivity contribution in [1.29, 1.82) is 0 Å². The van der Waals surface area contributed by atoms with Gasteiger partial charge in [0.15, 0.2) is 47.2 Å². The maximum absolute atomic E-state index is 14.7. The molecule has 1 amide bonds. The number of aromatic nitrogens is 8. The number of carbonyl (C=O) groups excluding carboxylic acids is 1. The van der Waals surface area contributed by atoms with Crippen LogP contribution in [0.4, 0.5) is 10.6 Å². The first kappa shape index (κ1) is 46.0. The summed E-state index contributed by atoms with van der Waals surface area (Å²) < 4.78 is 65.2. The van der Waals surface area contributed by atoms with Crippen LogP contribution in [-0.4, -0.2) is 128 Å². The van der Waals surface area contributed by atoms with Gasteiger partial charge in [0.05, 0.1) is 44.4 Å². The number of hydrogen-bond acceptors (Lipinski definition) is 17. The zero-order valence-electron chi connectivity index (χ0n) is 36.3. The van der Waals surface area contributed by atoms with Gasteiger partial charge in [-0.15, -0.1) is 15.0 Å². The SMILES string of the molecule is CCOP(=O)(OCC)[C@@](CO)(Cc1nnn(COCC[Si](C)(C)C)n1)OC[C@H]1O[C@@H](n2ncc3c(NC(=O)OC4CCC4)nc(/C=C/c4ccccc4)nc32)[C@@H]2OC(C)(C)O[C@@H]21. The number of amides is 1. The van der Waals surface area contributed by atoms with Crippen molar-refractivity contribution in [3.8, 4) is 0 Å². The molecule has 5 atom stereocenters. The highest BCUT2D eigenvalue weighted by Gasteiger charge is 2.59. The molecule has 1 aromatic carbocycles. The summed E-state index contributed by atoms with van der Waals surface area (Å²) in [5.74, 6) is -0.428. The van der Waals surface area contributed by atoms with Crippen molar-refractivity contribution in [2.75, 3.05) is 38.4 Å². The molecule has 22 heteroatoms. The highest BCUT2D eigenvalue weighted by molar-refractivity contribution is 7.55. The molecule has 0 radical (unpaired) electrons. The highest BCUT2D eigenvalue weighted by atomic mass is 31.2. The Hall–Kier alpha value is -4.02. The Labute approximate surface area is 361 Å². The van der Waals surface area contributed by atoms with Crippen molar-refractivity contribution in [2.24, 2.45) is 0 Å². The highest BCUT2D eigenvalue weighted by Crippen LogP contribution is 2.62. The second-order valence-electron chi connectivity index (χ2n) is 17.1. The van der Waals surface area contributed by atoms with Gasteiger partial charge >= 0.3 is 13.7 Å². The molecule has 338 valence electrons. The minimum absolute atomic E-state index is 0.00279. The van der Waals surface area contributed by atoms with Crippen LogP contribution in [0.1, 0.15) is 70.4 Å². The molecule has 20 nitrogen and oxygen atoms in total. The second kappa shape index (κ2) is 19.4. The van der Waals surface area contributed by atoms with E-state index in [1.54, 1.807) is 38.5 Å². The maximum atomic E-state index is 14.7. The Morgan fingerprint density at radius 1 is 1.08 bits per heavy atom. The molecule has 2 saturated heterocycles. The molecule has 1 saturated carbocycles. The molecule has 3 aliphatic rings. The quantitative estimate of drug-likeness (QED) is 0.0553. The van der Waals surface area contributed by atoms with E-state index in [-0.39, 0.29) is 50.7 Å². The van der Waals surface area contributed by atoms with Gasteiger partial charge in [-0.05, 0) is 69.9 Å². The zero-order chi connectivity index (χ0) is 44.1. The average molecular weight is 900 g/mol. The number of nitrogens with zero attached hydrogens (tertiary/aromatic N) is 8. The Morgan fingerprint density at radius 3 is 2.50 bits per heavy atom. The summed E-state index contributed by atoms with van der Waals surface area (Å²) in [6, 6.07) is 10.6. The first-order valence-electron chi connectivity index (χ1n) is 21.1. The monoisotopic (exact) mass is 899 g/mol. The van der Waals surface area contributed by atoms with Gasteiger partial charge in [-0.1, -0.05) is 56.0 Å². The minimum Gasteiger partial charge on any atom is -0.446 e. The molecular weight excluding hydrogens is 842 g/mol. The van der Waals surface area contributed by atoms with Gasteiger partial charge in [-0.3, -0.25) is 9.88 Å². The van der Waals surface area contributed by atoms with Crippen LogP contribution in [0.3, 0.4) is 0 Å². The van der Waals surface area contributed by atoms with Crippen LogP contribution in [0.5, 0.6) is 0 Å². The van der Waals surface area contributed by atoms with Gasteiger partial charge in [-0.2, -0.15) is 5.10 Å². The van der Waals surface area contributed by atoms with E-state index in [0.29, 0.717) is 23.5 Å². The van der Waals surface area contributed by atoms with E-state index in [0.717, 1.165) is 30.9 Å². The molecule has 1 aliphatic carbocycles. The van der Waals surface area contributed by atoms with E-state index < -0.39 is 64.0 Å². The summed E-state index contributed by atoms with van der Waals surface area (Å²) in [5.41, 5.74) is 1.26. The molecule has 0 bridgehead atoms. The number of carbonyl (C=O) groups is 1. The van der Waals surface area contributed by atoms with Crippen LogP contribution in [0.15, 0.2) is 36.5 Å². The number of fused-ring (bicyclic) bond motifs is 2. The van der Waals surface area contributed by atoms with Crippen molar-refractivity contribution in [3.63, 3.8) is 0 Å². The smallest absolute Gasteiger partial charge is 0.413 e. The summed E-state index contributed by atoms with van der Waals surface area (Å²) >= 11 is 0. The summed E-state index contributed by atoms with van der Waals surface area (Å²) in [7, 11) is -5.57. The van der Waals surface area contributed by atoms with Crippen LogP contribution >= 0.6 is 7.60 Å². The molecule has 2 N–H and O–H groups in total. The maximum Gasteiger partial charge on any atom is 0.413 e. The molecule has 0 unspecified atom stereocenters. The van der Waals surface area contributed by atoms with Gasteiger partial charge in [-0.25, -0.2) is 19.4 Å². The number of rotatable bonds is 21. The number of nitrogens with one attached hydrogen (secondary N) is 1. The zero-order valence-corrected chi connectivity index (χ0v) is 38.2. The molecule has 3 fully saturated rings. The Balaban J connectivity index is 1.17. The van der Waals surface area contributed by atoms with Crippen LogP contribution in [0.2, 0.25) is 25.7 Å². The van der Waals surface area contributed by atoms with Crippen LogP contribution in [0.25, 0.3) is 23.2 Å². The lowest BCUT2D eigenvalue weighted by atomic mass is 9.96. The molecule has 7 rings (SSSR count). The number of benzene rings is 1. The third kappa shape index (κ3) is 10.7. The summed E-state index contributed by atoms with van der Waals surface area (Å²) in [6.07, 6.45) is 3.42. The number of hydrogen-bond donors (Lipinski definition) is 2. The number of ether oxygens (including phenoxy) is 6. The van der Waals surface area contributed by atoms with Crippen molar-refractivity contribution in [2.45, 2.75) is 128 Å². The normalized spacial score (nSPS) is 22.5. The number of anilines is 1. The van der Waals surface area contributed by atoms with Crippen LogP contribution in [0, 0.1) is 0 Å². The predicted octanol–water partition coefficient (Wildman–Crippen LogP) is 6.03. The number of aliphatic hydroxyl groups is 1. The first-order valence-corrected chi connectivity index (χ1v) is 26.3. The van der Waals surface area contributed by atoms with Gasteiger partial charge in [0, 0.05) is 14.7 Å². The lowest BCUT2D eigenvalue weighted by Crippen LogP contribution is -2.44. The lowest BCUT2D eigenvalue weighted by molar-refractivity contribution is -0.207. The standard InChI is InChI=1S/C40H58N9O11PSi/c1-8-55-61(52,56-9-2)40(25-50,22-32-45-47-48(46-32)26-53-20-21-62(5,6)7)54-24-30-33-34(60-39(3,4)59-33)37(58-30)49-36-29(23-41-49)35(44-38(51)57-28-16-13-17-28)42-31(43-36)19-18-27-14-11-10-12-15-27/h10-12,14-15,18-19,23,28,30,33-34,37,50H,8-9,13,16-17,20-22,24-26H2,1-7H3,(H,42,43,44,51)/b19-18+/t30-,33-,34-,37-,40-/m1/s1. The van der Waals surface area contributed by atoms with Gasteiger partial charge < -0.3 is 42.6 Å². The number of tetrazole rings is 1. The topological polar surface area (TPSA) is 227 Å². The molecule has 5 heterocycles. The second-order valence-corrected chi connectivity index (χ2v) is 25.0. The van der Waals surface area contributed by atoms with Gasteiger partial charge in [0.25, 0.3) is 0 Å². The molecule has 4 aromatic rings. The van der Waals surface area contributed by atoms with Crippen LogP contribution in [-0.2, 0) is 55.2 Å². The third-order valence-corrected chi connectivity index (χ3v) is 14.9. The molecule has 62 heavy (non-hydrogen) atoms. The third-order valence-electron chi connectivity index (χ3n) is 10.6. The van der Waals surface area contributed by atoms with E-state index >= 15 is 0 Å². The Kier molecular flexibility index (Phi) is 14.4. The lowest BCUT2D eigenvalue weighted by Gasteiger charge is -2.37. The van der Waals surface area contributed by atoms with E-state index in [1.807, 2.05) is 36.4 Å². The van der Waals surface area contributed by atoms with Crippen molar-refractivity contribution in [3.05, 3.63) is 53.7 Å². The summed E-state index contributed by atoms with van der Waals surface area (Å²) in [5, 5.41) is 29.8. The molecule has 0 spiro atoms. The van der Waals surface area contributed by atoms with Crippen molar-refractivity contribution >= 4 is 50.8 Å².